The van der Waals surface area contributed by atoms with Crippen LogP contribution in [-0.2, 0) is 17.9 Å². The van der Waals surface area contributed by atoms with Crippen LogP contribution in [0.15, 0.2) is 42.7 Å². The van der Waals surface area contributed by atoms with E-state index < -0.39 is 0 Å². The smallest absolute Gasteiger partial charge is 0.225 e. The summed E-state index contributed by atoms with van der Waals surface area (Å²) in [4.78, 5) is 13.7. The van der Waals surface area contributed by atoms with Crippen LogP contribution in [0.1, 0.15) is 11.1 Å². The highest BCUT2D eigenvalue weighted by atomic mass is 16.5. The summed E-state index contributed by atoms with van der Waals surface area (Å²) in [5, 5.41) is 10.3. The lowest BCUT2D eigenvalue weighted by atomic mass is 9.98. The molecule has 1 fully saturated rings. The summed E-state index contributed by atoms with van der Waals surface area (Å²) in [6, 6.07) is 9.95. The van der Waals surface area contributed by atoms with Crippen molar-refractivity contribution in [1.29, 1.82) is 0 Å². The van der Waals surface area contributed by atoms with Gasteiger partial charge in [0.15, 0.2) is 0 Å². The fourth-order valence-corrected chi connectivity index (χ4v) is 2.59. The van der Waals surface area contributed by atoms with E-state index in [-0.39, 0.29) is 11.8 Å². The van der Waals surface area contributed by atoms with E-state index in [0.717, 1.165) is 30.9 Å². The largest absolute Gasteiger partial charge is 0.489 e. The summed E-state index contributed by atoms with van der Waals surface area (Å²) in [6.45, 7) is 3.00. The van der Waals surface area contributed by atoms with Crippen molar-refractivity contribution < 1.29 is 9.53 Å². The van der Waals surface area contributed by atoms with Crippen molar-refractivity contribution in [1.82, 2.24) is 20.4 Å². The second-order valence-electron chi connectivity index (χ2n) is 5.69. The van der Waals surface area contributed by atoms with Crippen molar-refractivity contribution in [3.05, 3.63) is 53.9 Å². The molecule has 0 radical (unpaired) electrons. The number of aromatic nitrogens is 2. The number of amides is 1. The highest BCUT2D eigenvalue weighted by molar-refractivity contribution is 5.79. The quantitative estimate of drug-likeness (QED) is 0.869. The van der Waals surface area contributed by atoms with Crippen LogP contribution in [0.3, 0.4) is 0 Å². The second-order valence-corrected chi connectivity index (χ2v) is 5.69. The maximum absolute atomic E-state index is 11.5. The first-order valence-electron chi connectivity index (χ1n) is 7.66. The first-order valence-corrected chi connectivity index (χ1v) is 7.66. The number of ether oxygens (including phenoxy) is 1. The van der Waals surface area contributed by atoms with E-state index in [1.54, 1.807) is 19.4 Å². The van der Waals surface area contributed by atoms with Gasteiger partial charge in [-0.2, -0.15) is 10.2 Å². The Hall–Kier alpha value is -2.47. The number of nitrogens with zero attached hydrogens (tertiary/aromatic N) is 3. The summed E-state index contributed by atoms with van der Waals surface area (Å²) >= 11 is 0. The van der Waals surface area contributed by atoms with E-state index in [2.05, 4.69) is 32.5 Å². The molecule has 1 aromatic carbocycles. The summed E-state index contributed by atoms with van der Waals surface area (Å²) in [5.41, 5.74) is 2.21. The zero-order chi connectivity index (χ0) is 16.1. The van der Waals surface area contributed by atoms with Crippen LogP contribution < -0.4 is 10.1 Å². The van der Waals surface area contributed by atoms with E-state index in [4.69, 9.17) is 4.74 Å². The third-order valence-corrected chi connectivity index (χ3v) is 3.95. The Bertz CT molecular complexity index is 639. The first kappa shape index (κ1) is 15.4. The zero-order valence-corrected chi connectivity index (χ0v) is 13.1. The lowest BCUT2D eigenvalue weighted by Crippen LogP contribution is -2.52. The van der Waals surface area contributed by atoms with Crippen molar-refractivity contribution in [2.75, 3.05) is 20.1 Å². The molecule has 1 amide bonds. The molecule has 0 atom stereocenters. The van der Waals surface area contributed by atoms with E-state index >= 15 is 0 Å². The molecule has 1 saturated heterocycles. The van der Waals surface area contributed by atoms with Gasteiger partial charge in [-0.15, -0.1) is 0 Å². The summed E-state index contributed by atoms with van der Waals surface area (Å²) in [5.74, 6) is 1.10. The maximum Gasteiger partial charge on any atom is 0.225 e. The van der Waals surface area contributed by atoms with Crippen LogP contribution in [0.25, 0.3) is 0 Å². The molecule has 2 aromatic rings. The molecule has 0 unspecified atom stereocenters. The molecule has 23 heavy (non-hydrogen) atoms. The Morgan fingerprint density at radius 3 is 2.65 bits per heavy atom. The number of rotatable bonds is 6. The summed E-state index contributed by atoms with van der Waals surface area (Å²) < 4.78 is 5.72. The molecule has 120 valence electrons. The van der Waals surface area contributed by atoms with Crippen molar-refractivity contribution >= 4 is 5.91 Å². The fourth-order valence-electron chi connectivity index (χ4n) is 2.59. The second kappa shape index (κ2) is 7.19. The van der Waals surface area contributed by atoms with Crippen molar-refractivity contribution in [3.63, 3.8) is 0 Å². The van der Waals surface area contributed by atoms with E-state index in [1.807, 2.05) is 18.2 Å². The number of hydrogen-bond donors (Lipinski definition) is 1. The molecule has 3 rings (SSSR count). The number of nitrogens with one attached hydrogen (secondary N) is 1. The fraction of sp³-hybridized carbons (Fsp3) is 0.353. The van der Waals surface area contributed by atoms with Crippen LogP contribution in [0.4, 0.5) is 0 Å². The third kappa shape index (κ3) is 4.04. The van der Waals surface area contributed by atoms with Gasteiger partial charge in [0, 0.05) is 38.4 Å². The van der Waals surface area contributed by atoms with Gasteiger partial charge in [-0.1, -0.05) is 12.1 Å². The molecular weight excluding hydrogens is 292 g/mol. The normalized spacial score (nSPS) is 15.0. The summed E-state index contributed by atoms with van der Waals surface area (Å²) in [7, 11) is 1.69. The van der Waals surface area contributed by atoms with Crippen molar-refractivity contribution in [2.24, 2.45) is 5.92 Å². The number of hydrogen-bond acceptors (Lipinski definition) is 5. The number of benzene rings is 1. The standard InChI is InChI=1S/C17H20N4O2/c1-18-17(22)15-10-21(11-15)9-13-2-4-16(5-3-13)23-12-14-6-7-19-20-8-14/h2-8,15H,9-12H2,1H3,(H,18,22). The lowest BCUT2D eigenvalue weighted by molar-refractivity contribution is -0.129. The third-order valence-electron chi connectivity index (χ3n) is 3.95. The highest BCUT2D eigenvalue weighted by Crippen LogP contribution is 2.20. The Morgan fingerprint density at radius 2 is 2.00 bits per heavy atom. The Balaban J connectivity index is 1.45. The number of likely N-dealkylation sites (tertiary alicyclic amines) is 1. The van der Waals surface area contributed by atoms with Gasteiger partial charge >= 0.3 is 0 Å². The Morgan fingerprint density at radius 1 is 1.22 bits per heavy atom. The molecule has 1 aliphatic rings. The molecule has 1 aliphatic heterocycles. The highest BCUT2D eigenvalue weighted by Gasteiger charge is 2.31. The predicted octanol–water partition coefficient (Wildman–Crippen LogP) is 1.23. The van der Waals surface area contributed by atoms with Crippen LogP contribution in [-0.4, -0.2) is 41.1 Å². The molecule has 1 N–H and O–H groups in total. The molecule has 0 aliphatic carbocycles. The molecule has 6 heteroatoms. The van der Waals surface area contributed by atoms with Gasteiger partial charge < -0.3 is 10.1 Å². The maximum atomic E-state index is 11.5. The van der Waals surface area contributed by atoms with Crippen LogP contribution >= 0.6 is 0 Å². The molecule has 2 heterocycles. The van der Waals surface area contributed by atoms with Gasteiger partial charge in [0.1, 0.15) is 12.4 Å². The molecule has 0 saturated carbocycles. The van der Waals surface area contributed by atoms with Gasteiger partial charge in [-0.3, -0.25) is 9.69 Å². The zero-order valence-electron chi connectivity index (χ0n) is 13.1. The Kier molecular flexibility index (Phi) is 4.83. The van der Waals surface area contributed by atoms with Crippen LogP contribution in [0, 0.1) is 5.92 Å². The monoisotopic (exact) mass is 312 g/mol. The minimum Gasteiger partial charge on any atom is -0.489 e. The molecule has 6 nitrogen and oxygen atoms in total. The average Bonchev–Trinajstić information content (AvgIpc) is 2.57. The van der Waals surface area contributed by atoms with Crippen molar-refractivity contribution in [2.45, 2.75) is 13.2 Å². The predicted molar refractivity (Wildman–Crippen MR) is 85.6 cm³/mol. The number of carbonyl (C=O) groups is 1. The van der Waals surface area contributed by atoms with Crippen molar-refractivity contribution in [3.8, 4) is 5.75 Å². The topological polar surface area (TPSA) is 67.4 Å². The van der Waals surface area contributed by atoms with E-state index in [9.17, 15) is 4.79 Å². The minimum atomic E-state index is 0.135. The average molecular weight is 312 g/mol. The van der Waals surface area contributed by atoms with Gasteiger partial charge in [0.05, 0.1) is 12.1 Å². The van der Waals surface area contributed by atoms with Gasteiger partial charge in [-0.25, -0.2) is 0 Å². The van der Waals surface area contributed by atoms with Crippen LogP contribution in [0.2, 0.25) is 0 Å². The van der Waals surface area contributed by atoms with Gasteiger partial charge in [0.2, 0.25) is 5.91 Å². The number of carbonyl (C=O) groups excluding carboxylic acids is 1. The van der Waals surface area contributed by atoms with Crippen LogP contribution in [0.5, 0.6) is 5.75 Å². The SMILES string of the molecule is CNC(=O)C1CN(Cc2ccc(OCc3ccnnc3)cc2)C1. The molecule has 0 bridgehead atoms. The lowest BCUT2D eigenvalue weighted by Gasteiger charge is -2.38. The van der Waals surface area contributed by atoms with E-state index in [1.165, 1.54) is 5.56 Å². The molecule has 0 spiro atoms. The summed E-state index contributed by atoms with van der Waals surface area (Å²) in [6.07, 6.45) is 3.35. The van der Waals surface area contributed by atoms with Gasteiger partial charge in [0.25, 0.3) is 0 Å². The van der Waals surface area contributed by atoms with Gasteiger partial charge in [-0.05, 0) is 23.8 Å². The first-order chi connectivity index (χ1) is 11.2. The minimum absolute atomic E-state index is 0.135. The molecular formula is C17H20N4O2. The Labute approximate surface area is 135 Å². The van der Waals surface area contributed by atoms with E-state index in [0.29, 0.717) is 6.61 Å². The molecule has 1 aromatic heterocycles.